The molecule has 0 spiro atoms. The Hall–Kier alpha value is -5.17. The Morgan fingerprint density at radius 3 is 2.69 bits per heavy atom. The standard InChI is InChI=1S/C32H34FN9O3/c1-17(2)11-25(34)30(44)45-16-23-22(28-38-31(35)40-32(39-28)37-21-14-36-41(3)15-21)5-4-6-26(23)42-10-9-19-12-20(18-7-8-18)13-24(33)27(19)29(42)43/h4-6,9-10,12-15,17-18,25H,7-8,11,16,34H2,1-3H3,(H3,35,37,38,39,40)/t25-/m0/s1. The van der Waals surface area contributed by atoms with Crippen LogP contribution in [-0.2, 0) is 23.2 Å². The number of nitrogens with zero attached hydrogens (tertiary/aromatic N) is 6. The Bertz CT molecular complexity index is 1970. The van der Waals surface area contributed by atoms with Crippen molar-refractivity contribution in [3.8, 4) is 17.1 Å². The van der Waals surface area contributed by atoms with Crippen molar-refractivity contribution in [2.24, 2.45) is 18.7 Å². The number of benzene rings is 2. The lowest BCUT2D eigenvalue weighted by Gasteiger charge is -2.19. The fraction of sp³-hybridized carbons (Fsp3) is 0.312. The van der Waals surface area contributed by atoms with Crippen LogP contribution in [0.15, 0.2) is 59.8 Å². The number of esters is 1. The van der Waals surface area contributed by atoms with Crippen molar-refractivity contribution in [2.75, 3.05) is 11.1 Å². The summed E-state index contributed by atoms with van der Waals surface area (Å²) < 4.78 is 24.0. The number of carbonyl (C=O) groups is 1. The Labute approximate surface area is 258 Å². The Morgan fingerprint density at radius 2 is 1.98 bits per heavy atom. The number of aromatic nitrogens is 6. The molecule has 0 unspecified atom stereocenters. The molecule has 5 aromatic rings. The highest BCUT2D eigenvalue weighted by atomic mass is 19.1. The van der Waals surface area contributed by atoms with Crippen LogP contribution in [0.2, 0.25) is 0 Å². The van der Waals surface area contributed by atoms with Gasteiger partial charge in [0.15, 0.2) is 5.82 Å². The van der Waals surface area contributed by atoms with Gasteiger partial charge >= 0.3 is 5.97 Å². The van der Waals surface area contributed by atoms with Crippen molar-refractivity contribution in [3.63, 3.8) is 0 Å². The Kier molecular flexibility index (Phi) is 8.02. The molecule has 1 aliphatic rings. The lowest BCUT2D eigenvalue weighted by atomic mass is 10.0. The summed E-state index contributed by atoms with van der Waals surface area (Å²) in [5, 5.41) is 7.69. The van der Waals surface area contributed by atoms with Crippen LogP contribution in [0.5, 0.6) is 0 Å². The zero-order valence-electron chi connectivity index (χ0n) is 25.2. The highest BCUT2D eigenvalue weighted by Gasteiger charge is 2.26. The van der Waals surface area contributed by atoms with E-state index < -0.39 is 23.4 Å². The zero-order valence-corrected chi connectivity index (χ0v) is 25.2. The monoisotopic (exact) mass is 611 g/mol. The second-order valence-corrected chi connectivity index (χ2v) is 11.7. The van der Waals surface area contributed by atoms with Crippen LogP contribution < -0.4 is 22.3 Å². The predicted octanol–water partition coefficient (Wildman–Crippen LogP) is 4.34. The molecule has 1 aliphatic carbocycles. The van der Waals surface area contributed by atoms with Crippen molar-refractivity contribution in [3.05, 3.63) is 82.3 Å². The lowest BCUT2D eigenvalue weighted by molar-refractivity contribution is -0.146. The van der Waals surface area contributed by atoms with E-state index in [-0.39, 0.29) is 35.6 Å². The van der Waals surface area contributed by atoms with Crippen molar-refractivity contribution in [1.82, 2.24) is 29.3 Å². The number of hydrogen-bond donors (Lipinski definition) is 3. The van der Waals surface area contributed by atoms with Gasteiger partial charge in [0.2, 0.25) is 11.9 Å². The number of nitrogens with one attached hydrogen (secondary N) is 1. The summed E-state index contributed by atoms with van der Waals surface area (Å²) in [6.07, 6.45) is 7.40. The minimum absolute atomic E-state index is 0.0263. The lowest BCUT2D eigenvalue weighted by Crippen LogP contribution is -2.33. The topological polar surface area (TPSA) is 169 Å². The second-order valence-electron chi connectivity index (χ2n) is 11.7. The molecule has 0 amide bonds. The smallest absolute Gasteiger partial charge is 0.323 e. The number of nitrogen functional groups attached to an aromatic ring is 1. The number of aryl methyl sites for hydroxylation is 1. The summed E-state index contributed by atoms with van der Waals surface area (Å²) in [4.78, 5) is 39.8. The van der Waals surface area contributed by atoms with Crippen molar-refractivity contribution < 1.29 is 13.9 Å². The molecule has 1 saturated carbocycles. The van der Waals surface area contributed by atoms with Crippen LogP contribution in [-0.4, -0.2) is 41.3 Å². The average molecular weight is 612 g/mol. The van der Waals surface area contributed by atoms with E-state index in [0.29, 0.717) is 40.2 Å². The van der Waals surface area contributed by atoms with Crippen LogP contribution in [0.4, 0.5) is 22.0 Å². The molecular weight excluding hydrogens is 577 g/mol. The zero-order chi connectivity index (χ0) is 31.8. The van der Waals surface area contributed by atoms with Gasteiger partial charge in [0.05, 0.1) is 23.0 Å². The highest BCUT2D eigenvalue weighted by molar-refractivity contribution is 5.84. The van der Waals surface area contributed by atoms with Crippen LogP contribution in [0, 0.1) is 11.7 Å². The van der Waals surface area contributed by atoms with Gasteiger partial charge in [0.1, 0.15) is 18.5 Å². The summed E-state index contributed by atoms with van der Waals surface area (Å²) >= 11 is 0. The first kappa shape index (κ1) is 29.9. The van der Waals surface area contributed by atoms with Gasteiger partial charge in [-0.3, -0.25) is 18.8 Å². The fourth-order valence-corrected chi connectivity index (χ4v) is 5.39. The predicted molar refractivity (Wildman–Crippen MR) is 168 cm³/mol. The number of fused-ring (bicyclic) bond motifs is 1. The maximum Gasteiger partial charge on any atom is 0.323 e. The molecule has 0 saturated heterocycles. The molecule has 13 heteroatoms. The van der Waals surface area contributed by atoms with E-state index in [0.717, 1.165) is 18.4 Å². The maximum atomic E-state index is 15.4. The van der Waals surface area contributed by atoms with Gasteiger partial charge < -0.3 is 21.5 Å². The molecule has 232 valence electrons. The molecule has 0 radical (unpaired) electrons. The molecule has 1 fully saturated rings. The summed E-state index contributed by atoms with van der Waals surface area (Å²) in [5.41, 5.74) is 14.3. The van der Waals surface area contributed by atoms with Crippen LogP contribution in [0.3, 0.4) is 0 Å². The van der Waals surface area contributed by atoms with E-state index in [4.69, 9.17) is 16.2 Å². The van der Waals surface area contributed by atoms with Crippen LogP contribution >= 0.6 is 0 Å². The van der Waals surface area contributed by atoms with Gasteiger partial charge in [0, 0.05) is 30.6 Å². The van der Waals surface area contributed by atoms with Crippen LogP contribution in [0.25, 0.3) is 27.8 Å². The minimum Gasteiger partial charge on any atom is -0.460 e. The van der Waals surface area contributed by atoms with Crippen LogP contribution in [0.1, 0.15) is 50.2 Å². The number of hydrogen-bond acceptors (Lipinski definition) is 10. The molecule has 12 nitrogen and oxygen atoms in total. The molecule has 1 atom stereocenters. The number of carbonyl (C=O) groups excluding carboxylic acids is 1. The SMILES string of the molecule is CC(C)C[C@H](N)C(=O)OCc1c(-c2nc(N)nc(Nc3cnn(C)c3)n2)cccc1-n1ccc2cc(C3CC3)cc(F)c2c1=O. The van der Waals surface area contributed by atoms with E-state index in [9.17, 15) is 9.59 Å². The number of halogens is 1. The first-order chi connectivity index (χ1) is 21.6. The third-order valence-corrected chi connectivity index (χ3v) is 7.68. The van der Waals surface area contributed by atoms with E-state index in [1.165, 1.54) is 10.6 Å². The third-order valence-electron chi connectivity index (χ3n) is 7.68. The molecule has 3 heterocycles. The normalized spacial score (nSPS) is 13.7. The number of nitrogens with two attached hydrogens (primary N) is 2. The first-order valence-corrected chi connectivity index (χ1v) is 14.7. The molecule has 6 rings (SSSR count). The van der Waals surface area contributed by atoms with E-state index in [2.05, 4.69) is 25.4 Å². The largest absolute Gasteiger partial charge is 0.460 e. The number of rotatable bonds is 10. The maximum absolute atomic E-state index is 15.4. The summed E-state index contributed by atoms with van der Waals surface area (Å²) in [7, 11) is 1.77. The fourth-order valence-electron chi connectivity index (χ4n) is 5.39. The number of pyridine rings is 1. The number of ether oxygens (including phenoxy) is 1. The van der Waals surface area contributed by atoms with Crippen molar-refractivity contribution >= 4 is 34.3 Å². The van der Waals surface area contributed by atoms with Gasteiger partial charge in [-0.05, 0) is 60.2 Å². The van der Waals surface area contributed by atoms with Gasteiger partial charge in [-0.15, -0.1) is 0 Å². The van der Waals surface area contributed by atoms with Crippen molar-refractivity contribution in [2.45, 2.75) is 51.7 Å². The summed E-state index contributed by atoms with van der Waals surface area (Å²) in [6.45, 7) is 3.66. The van der Waals surface area contributed by atoms with Crippen molar-refractivity contribution in [1.29, 1.82) is 0 Å². The molecule has 0 aliphatic heterocycles. The average Bonchev–Trinajstić information content (AvgIpc) is 3.76. The molecular formula is C32H34FN9O3. The third kappa shape index (κ3) is 6.38. The molecule has 0 bridgehead atoms. The summed E-state index contributed by atoms with van der Waals surface area (Å²) in [5.74, 6) is -0.388. The van der Waals surface area contributed by atoms with E-state index >= 15 is 4.39 Å². The Balaban J connectivity index is 1.46. The highest BCUT2D eigenvalue weighted by Crippen LogP contribution is 2.41. The molecule has 45 heavy (non-hydrogen) atoms. The summed E-state index contributed by atoms with van der Waals surface area (Å²) in [6, 6.07) is 9.32. The number of anilines is 3. The van der Waals surface area contributed by atoms with Gasteiger partial charge in [-0.2, -0.15) is 20.1 Å². The molecule has 3 aromatic heterocycles. The quantitative estimate of drug-likeness (QED) is 0.193. The first-order valence-electron chi connectivity index (χ1n) is 14.7. The molecule has 2 aromatic carbocycles. The van der Waals surface area contributed by atoms with Gasteiger partial charge in [-0.25, -0.2) is 4.39 Å². The second kappa shape index (κ2) is 12.1. The van der Waals surface area contributed by atoms with E-state index in [1.807, 2.05) is 19.9 Å². The van der Waals surface area contributed by atoms with Gasteiger partial charge in [0.25, 0.3) is 5.56 Å². The van der Waals surface area contributed by atoms with Gasteiger partial charge in [-0.1, -0.05) is 32.0 Å². The Morgan fingerprint density at radius 1 is 1.18 bits per heavy atom. The van der Waals surface area contributed by atoms with E-state index in [1.54, 1.807) is 54.6 Å². The molecule has 5 N–H and O–H groups in total. The minimum atomic E-state index is -0.832.